The summed E-state index contributed by atoms with van der Waals surface area (Å²) in [5.41, 5.74) is 0.634. The number of piperidine rings is 1. The van der Waals surface area contributed by atoms with Gasteiger partial charge in [0.05, 0.1) is 18.3 Å². The van der Waals surface area contributed by atoms with Crippen LogP contribution in [0.2, 0.25) is 0 Å². The van der Waals surface area contributed by atoms with Gasteiger partial charge in [-0.15, -0.1) is 0 Å². The number of aromatic hydroxyl groups is 1. The van der Waals surface area contributed by atoms with Gasteiger partial charge in [-0.3, -0.25) is 4.79 Å². The van der Waals surface area contributed by atoms with E-state index in [1.165, 1.54) is 0 Å². The van der Waals surface area contributed by atoms with Crippen LogP contribution >= 0.6 is 0 Å². The third-order valence-electron chi connectivity index (χ3n) is 5.18. The maximum atomic E-state index is 12.4. The third-order valence-corrected chi connectivity index (χ3v) is 5.18. The first kappa shape index (κ1) is 17.2. The van der Waals surface area contributed by atoms with Crippen molar-refractivity contribution in [3.05, 3.63) is 29.8 Å². The number of ether oxygens (including phenoxy) is 1. The summed E-state index contributed by atoms with van der Waals surface area (Å²) < 4.78 is 5.79. The topological polar surface area (TPSA) is 90.2 Å². The van der Waals surface area contributed by atoms with Crippen LogP contribution in [0.15, 0.2) is 24.3 Å². The lowest BCUT2D eigenvalue weighted by atomic mass is 9.82. The zero-order chi connectivity index (χ0) is 17.2. The summed E-state index contributed by atoms with van der Waals surface area (Å²) in [5, 5.41) is 28.7. The van der Waals surface area contributed by atoms with Gasteiger partial charge in [0.25, 0.3) is 0 Å². The minimum absolute atomic E-state index is 0.120. The van der Waals surface area contributed by atoms with E-state index in [4.69, 9.17) is 4.74 Å². The van der Waals surface area contributed by atoms with Crippen LogP contribution in [-0.2, 0) is 16.0 Å². The number of rotatable bonds is 3. The van der Waals surface area contributed by atoms with Crippen LogP contribution in [0, 0.1) is 0 Å². The Hall–Kier alpha value is -1.63. The predicted octanol–water partition coefficient (Wildman–Crippen LogP) is 0.828. The first-order chi connectivity index (χ1) is 11.5. The zero-order valence-electron chi connectivity index (χ0n) is 13.7. The van der Waals surface area contributed by atoms with Crippen molar-refractivity contribution in [3.8, 4) is 5.75 Å². The number of aliphatic hydroxyl groups excluding tert-OH is 2. The summed E-state index contributed by atoms with van der Waals surface area (Å²) in [6, 6.07) is 6.92. The third kappa shape index (κ3) is 3.88. The quantitative estimate of drug-likeness (QED) is 0.761. The number of amides is 1. The summed E-state index contributed by atoms with van der Waals surface area (Å²) in [4.78, 5) is 14.2. The van der Waals surface area contributed by atoms with Crippen LogP contribution in [0.25, 0.3) is 0 Å². The molecule has 132 valence electrons. The van der Waals surface area contributed by atoms with Crippen molar-refractivity contribution in [2.24, 2.45) is 0 Å². The second-order valence-corrected chi connectivity index (χ2v) is 6.88. The Labute approximate surface area is 141 Å². The molecule has 2 aliphatic heterocycles. The van der Waals surface area contributed by atoms with Crippen molar-refractivity contribution in [2.45, 2.75) is 49.9 Å². The fraction of sp³-hybridized carbons (Fsp3) is 0.611. The SMILES string of the molecule is O=C(CCc1ccc(O)cc1)N1CCC2(CC1)C[C@@H](O)[C@@H](O)CO2. The van der Waals surface area contributed by atoms with Gasteiger partial charge in [0.2, 0.25) is 5.91 Å². The van der Waals surface area contributed by atoms with Gasteiger partial charge >= 0.3 is 0 Å². The number of carbonyl (C=O) groups is 1. The minimum Gasteiger partial charge on any atom is -0.508 e. The molecule has 3 N–H and O–H groups in total. The summed E-state index contributed by atoms with van der Waals surface area (Å²) >= 11 is 0. The monoisotopic (exact) mass is 335 g/mol. The molecular weight excluding hydrogens is 310 g/mol. The average molecular weight is 335 g/mol. The first-order valence-electron chi connectivity index (χ1n) is 8.53. The van der Waals surface area contributed by atoms with E-state index < -0.39 is 17.8 Å². The zero-order valence-corrected chi connectivity index (χ0v) is 13.7. The van der Waals surface area contributed by atoms with Crippen molar-refractivity contribution in [1.82, 2.24) is 4.90 Å². The van der Waals surface area contributed by atoms with Crippen molar-refractivity contribution in [3.63, 3.8) is 0 Å². The van der Waals surface area contributed by atoms with Crippen molar-refractivity contribution in [1.29, 1.82) is 0 Å². The molecule has 0 bridgehead atoms. The number of hydrogen-bond donors (Lipinski definition) is 3. The molecule has 2 aliphatic rings. The summed E-state index contributed by atoms with van der Waals surface area (Å²) in [6.07, 6.45) is 1.38. The Morgan fingerprint density at radius 2 is 1.83 bits per heavy atom. The molecule has 0 unspecified atom stereocenters. The highest BCUT2D eigenvalue weighted by Crippen LogP contribution is 2.35. The Balaban J connectivity index is 1.47. The van der Waals surface area contributed by atoms with Gasteiger partial charge in [0.15, 0.2) is 0 Å². The highest BCUT2D eigenvalue weighted by molar-refractivity contribution is 5.76. The van der Waals surface area contributed by atoms with E-state index in [1.54, 1.807) is 12.1 Å². The predicted molar refractivity (Wildman–Crippen MR) is 87.6 cm³/mol. The van der Waals surface area contributed by atoms with E-state index in [2.05, 4.69) is 0 Å². The molecule has 1 aromatic rings. The molecular formula is C18H25NO5. The maximum Gasteiger partial charge on any atom is 0.222 e. The maximum absolute atomic E-state index is 12.4. The number of nitrogens with zero attached hydrogens (tertiary/aromatic N) is 1. The second kappa shape index (κ2) is 7.09. The fourth-order valence-corrected chi connectivity index (χ4v) is 3.53. The lowest BCUT2D eigenvalue weighted by Crippen LogP contribution is -2.55. The van der Waals surface area contributed by atoms with Crippen molar-refractivity contribution < 1.29 is 24.9 Å². The molecule has 2 atom stereocenters. The van der Waals surface area contributed by atoms with Gasteiger partial charge in [-0.05, 0) is 37.0 Å². The standard InChI is InChI=1S/C18H25NO5/c20-14-4-1-13(2-5-14)3-6-17(23)19-9-7-18(8-10-19)11-15(21)16(22)12-24-18/h1-2,4-5,15-16,20-22H,3,6-12H2/t15-,16+/m1/s1. The van der Waals surface area contributed by atoms with Gasteiger partial charge in [-0.25, -0.2) is 0 Å². The molecule has 2 fully saturated rings. The van der Waals surface area contributed by atoms with E-state index in [0.717, 1.165) is 5.56 Å². The molecule has 6 heteroatoms. The molecule has 1 spiro atoms. The number of likely N-dealkylation sites (tertiary alicyclic amines) is 1. The molecule has 3 rings (SSSR count). The van der Waals surface area contributed by atoms with E-state index in [1.807, 2.05) is 17.0 Å². The molecule has 0 radical (unpaired) electrons. The Morgan fingerprint density at radius 1 is 1.17 bits per heavy atom. The van der Waals surface area contributed by atoms with E-state index in [0.29, 0.717) is 45.2 Å². The van der Waals surface area contributed by atoms with Crippen LogP contribution in [0.5, 0.6) is 5.75 Å². The normalized spacial score (nSPS) is 26.5. The molecule has 6 nitrogen and oxygen atoms in total. The summed E-state index contributed by atoms with van der Waals surface area (Å²) in [7, 11) is 0. The van der Waals surface area contributed by atoms with Gasteiger partial charge in [-0.1, -0.05) is 12.1 Å². The van der Waals surface area contributed by atoms with Gasteiger partial charge < -0.3 is 25.0 Å². The smallest absolute Gasteiger partial charge is 0.222 e. The van der Waals surface area contributed by atoms with Gasteiger partial charge in [0, 0.05) is 25.9 Å². The van der Waals surface area contributed by atoms with E-state index >= 15 is 0 Å². The highest BCUT2D eigenvalue weighted by atomic mass is 16.5. The molecule has 2 heterocycles. The summed E-state index contributed by atoms with van der Waals surface area (Å²) in [6.45, 7) is 1.41. The first-order valence-corrected chi connectivity index (χ1v) is 8.53. The molecule has 24 heavy (non-hydrogen) atoms. The average Bonchev–Trinajstić information content (AvgIpc) is 2.58. The number of benzene rings is 1. The minimum atomic E-state index is -0.805. The van der Waals surface area contributed by atoms with Crippen molar-refractivity contribution in [2.75, 3.05) is 19.7 Å². The van der Waals surface area contributed by atoms with Crippen LogP contribution in [0.1, 0.15) is 31.2 Å². The highest BCUT2D eigenvalue weighted by Gasteiger charge is 2.43. The van der Waals surface area contributed by atoms with Crippen molar-refractivity contribution >= 4 is 5.91 Å². The van der Waals surface area contributed by atoms with Crippen LogP contribution in [0.3, 0.4) is 0 Å². The van der Waals surface area contributed by atoms with E-state index in [9.17, 15) is 20.1 Å². The number of phenolic OH excluding ortho intramolecular Hbond substituents is 1. The molecule has 1 aromatic carbocycles. The molecule has 1 amide bonds. The Bertz CT molecular complexity index is 565. The molecule has 0 aliphatic carbocycles. The molecule has 2 saturated heterocycles. The van der Waals surface area contributed by atoms with Crippen LogP contribution in [-0.4, -0.2) is 63.6 Å². The number of aliphatic hydroxyl groups is 2. The Kier molecular flexibility index (Phi) is 5.08. The largest absolute Gasteiger partial charge is 0.508 e. The molecule has 0 aromatic heterocycles. The summed E-state index contributed by atoms with van der Waals surface area (Å²) in [5.74, 6) is 0.348. The van der Waals surface area contributed by atoms with Gasteiger partial charge in [0.1, 0.15) is 11.9 Å². The molecule has 0 saturated carbocycles. The van der Waals surface area contributed by atoms with E-state index in [-0.39, 0.29) is 18.3 Å². The van der Waals surface area contributed by atoms with Crippen LogP contribution in [0.4, 0.5) is 0 Å². The number of phenols is 1. The lowest BCUT2D eigenvalue weighted by Gasteiger charge is -2.46. The second-order valence-electron chi connectivity index (χ2n) is 6.88. The van der Waals surface area contributed by atoms with Gasteiger partial charge in [-0.2, -0.15) is 0 Å². The fourth-order valence-electron chi connectivity index (χ4n) is 3.53. The number of aryl methyl sites for hydroxylation is 1. The van der Waals surface area contributed by atoms with Crippen LogP contribution < -0.4 is 0 Å². The number of carbonyl (C=O) groups excluding carboxylic acids is 1. The number of hydrogen-bond acceptors (Lipinski definition) is 5. The Morgan fingerprint density at radius 3 is 2.46 bits per heavy atom. The lowest BCUT2D eigenvalue weighted by molar-refractivity contribution is -0.188.